The molecule has 1 fully saturated rings. The van der Waals surface area contributed by atoms with Crippen LogP contribution in [0.3, 0.4) is 0 Å². The Balaban J connectivity index is 1.64. The van der Waals surface area contributed by atoms with E-state index in [0.29, 0.717) is 32.0 Å². The summed E-state index contributed by atoms with van der Waals surface area (Å²) in [6.07, 6.45) is 0. The summed E-state index contributed by atoms with van der Waals surface area (Å²) in [7, 11) is 1.88. The summed E-state index contributed by atoms with van der Waals surface area (Å²) in [4.78, 5) is 16.4. The fraction of sp³-hybridized carbons (Fsp3) is 0.632. The van der Waals surface area contributed by atoms with Gasteiger partial charge in [-0.25, -0.2) is 4.39 Å². The predicted octanol–water partition coefficient (Wildman–Crippen LogP) is 1.36. The van der Waals surface area contributed by atoms with Crippen LogP contribution < -0.4 is 10.1 Å². The first-order valence-electron chi connectivity index (χ1n) is 9.03. The largest absolute Gasteiger partial charge is 0.492 e. The average molecular weight is 367 g/mol. The zero-order chi connectivity index (χ0) is 19.0. The standard InChI is InChI=1S/C19H30FN3O3/c1-19(2,23-9-11-25-12-10-23)15-21-18(24)14-22(3)8-13-26-17-6-4-16(20)5-7-17/h4-7H,8-15H2,1-3H3,(H,21,24). The number of ether oxygens (including phenoxy) is 2. The van der Waals surface area contributed by atoms with E-state index in [1.807, 2.05) is 11.9 Å². The summed E-state index contributed by atoms with van der Waals surface area (Å²) < 4.78 is 23.8. The maximum Gasteiger partial charge on any atom is 0.234 e. The van der Waals surface area contributed by atoms with Gasteiger partial charge in [0.1, 0.15) is 18.2 Å². The van der Waals surface area contributed by atoms with Gasteiger partial charge in [-0.15, -0.1) is 0 Å². The van der Waals surface area contributed by atoms with E-state index in [9.17, 15) is 9.18 Å². The van der Waals surface area contributed by atoms with Gasteiger partial charge >= 0.3 is 0 Å². The van der Waals surface area contributed by atoms with Crippen molar-refractivity contribution in [3.05, 3.63) is 30.1 Å². The minimum atomic E-state index is -0.286. The second-order valence-electron chi connectivity index (χ2n) is 7.23. The molecule has 1 saturated heterocycles. The maximum atomic E-state index is 12.8. The SMILES string of the molecule is CN(CCOc1ccc(F)cc1)CC(=O)NCC(C)(C)N1CCOCC1. The first-order valence-corrected chi connectivity index (χ1v) is 9.03. The van der Waals surface area contributed by atoms with Crippen molar-refractivity contribution in [3.63, 3.8) is 0 Å². The molecule has 0 aromatic heterocycles. The smallest absolute Gasteiger partial charge is 0.234 e. The molecule has 1 aromatic carbocycles. The third-order valence-corrected chi connectivity index (χ3v) is 4.55. The van der Waals surface area contributed by atoms with Crippen LogP contribution in [0, 0.1) is 5.82 Å². The Hall–Kier alpha value is -1.70. The summed E-state index contributed by atoms with van der Waals surface area (Å²) in [5.74, 6) is 0.332. The summed E-state index contributed by atoms with van der Waals surface area (Å²) in [6, 6.07) is 5.91. The Morgan fingerprint density at radius 3 is 2.62 bits per heavy atom. The third kappa shape index (κ3) is 6.90. The molecule has 7 heteroatoms. The van der Waals surface area contributed by atoms with Crippen molar-refractivity contribution in [2.75, 3.05) is 59.6 Å². The van der Waals surface area contributed by atoms with E-state index < -0.39 is 0 Å². The summed E-state index contributed by atoms with van der Waals surface area (Å²) in [5, 5.41) is 3.02. The Kier molecular flexibility index (Phi) is 7.81. The highest BCUT2D eigenvalue weighted by Crippen LogP contribution is 2.15. The van der Waals surface area contributed by atoms with Crippen molar-refractivity contribution in [3.8, 4) is 5.75 Å². The topological polar surface area (TPSA) is 54.0 Å². The van der Waals surface area contributed by atoms with Crippen LogP contribution in [0.5, 0.6) is 5.75 Å². The van der Waals surface area contributed by atoms with Gasteiger partial charge in [0.2, 0.25) is 5.91 Å². The van der Waals surface area contributed by atoms with Gasteiger partial charge in [0.05, 0.1) is 19.8 Å². The molecule has 0 bridgehead atoms. The van der Waals surface area contributed by atoms with Crippen molar-refractivity contribution in [1.29, 1.82) is 0 Å². The van der Waals surface area contributed by atoms with Crippen LogP contribution >= 0.6 is 0 Å². The molecule has 0 spiro atoms. The number of likely N-dealkylation sites (N-methyl/N-ethyl adjacent to an activating group) is 1. The molecule has 0 saturated carbocycles. The van der Waals surface area contributed by atoms with Crippen LogP contribution in [0.1, 0.15) is 13.8 Å². The molecule has 1 N–H and O–H groups in total. The number of benzene rings is 1. The number of rotatable bonds is 9. The number of carbonyl (C=O) groups excluding carboxylic acids is 1. The lowest BCUT2D eigenvalue weighted by atomic mass is 10.0. The predicted molar refractivity (Wildman–Crippen MR) is 98.9 cm³/mol. The zero-order valence-electron chi connectivity index (χ0n) is 16.0. The van der Waals surface area contributed by atoms with E-state index in [1.54, 1.807) is 12.1 Å². The van der Waals surface area contributed by atoms with Gasteiger partial charge in [0.15, 0.2) is 0 Å². The summed E-state index contributed by atoms with van der Waals surface area (Å²) in [5.41, 5.74) is -0.0935. The number of halogens is 1. The number of hydrogen-bond donors (Lipinski definition) is 1. The van der Waals surface area contributed by atoms with Crippen LogP contribution in [0.4, 0.5) is 4.39 Å². The fourth-order valence-electron chi connectivity index (χ4n) is 2.83. The van der Waals surface area contributed by atoms with Crippen LogP contribution in [-0.4, -0.2) is 80.8 Å². The molecule has 2 rings (SSSR count). The highest BCUT2D eigenvalue weighted by Gasteiger charge is 2.28. The number of carbonyl (C=O) groups is 1. The van der Waals surface area contributed by atoms with E-state index in [0.717, 1.165) is 26.3 Å². The molecule has 1 amide bonds. The average Bonchev–Trinajstić information content (AvgIpc) is 2.62. The van der Waals surface area contributed by atoms with Gasteiger partial charge in [-0.3, -0.25) is 14.6 Å². The van der Waals surface area contributed by atoms with Crippen LogP contribution in [-0.2, 0) is 9.53 Å². The molecule has 1 heterocycles. The maximum absolute atomic E-state index is 12.8. The fourth-order valence-corrected chi connectivity index (χ4v) is 2.83. The number of nitrogens with one attached hydrogen (secondary N) is 1. The lowest BCUT2D eigenvalue weighted by Crippen LogP contribution is -2.56. The molecule has 0 atom stereocenters. The molecule has 1 aliphatic rings. The Morgan fingerprint density at radius 1 is 1.31 bits per heavy atom. The van der Waals surface area contributed by atoms with E-state index in [-0.39, 0.29) is 17.3 Å². The Bertz CT molecular complexity index is 560. The first kappa shape index (κ1) is 20.6. The van der Waals surface area contributed by atoms with E-state index in [4.69, 9.17) is 9.47 Å². The van der Waals surface area contributed by atoms with Gasteiger partial charge in [0, 0.05) is 31.7 Å². The molecule has 1 aliphatic heterocycles. The minimum absolute atomic E-state index is 0.00406. The molecule has 0 aliphatic carbocycles. The monoisotopic (exact) mass is 367 g/mol. The van der Waals surface area contributed by atoms with Crippen molar-refractivity contribution in [2.24, 2.45) is 0 Å². The molecular weight excluding hydrogens is 337 g/mol. The molecule has 1 aromatic rings. The first-order chi connectivity index (χ1) is 12.4. The second kappa shape index (κ2) is 9.85. The van der Waals surface area contributed by atoms with Crippen molar-refractivity contribution >= 4 is 5.91 Å². The van der Waals surface area contributed by atoms with E-state index >= 15 is 0 Å². The highest BCUT2D eigenvalue weighted by atomic mass is 19.1. The molecular formula is C19H30FN3O3. The Morgan fingerprint density at radius 2 is 1.96 bits per heavy atom. The lowest BCUT2D eigenvalue weighted by molar-refractivity contribution is -0.122. The number of amides is 1. The number of nitrogens with zero attached hydrogens (tertiary/aromatic N) is 2. The molecule has 146 valence electrons. The lowest BCUT2D eigenvalue weighted by Gasteiger charge is -2.40. The number of morpholine rings is 1. The van der Waals surface area contributed by atoms with Crippen LogP contribution in [0.15, 0.2) is 24.3 Å². The summed E-state index contributed by atoms with van der Waals surface area (Å²) in [6.45, 7) is 9.51. The zero-order valence-corrected chi connectivity index (χ0v) is 16.0. The molecule has 26 heavy (non-hydrogen) atoms. The van der Waals surface area contributed by atoms with Gasteiger partial charge in [0.25, 0.3) is 0 Å². The van der Waals surface area contributed by atoms with E-state index in [2.05, 4.69) is 24.1 Å². The van der Waals surface area contributed by atoms with Crippen molar-refractivity contribution in [2.45, 2.75) is 19.4 Å². The molecule has 0 unspecified atom stereocenters. The van der Waals surface area contributed by atoms with E-state index in [1.165, 1.54) is 12.1 Å². The highest BCUT2D eigenvalue weighted by molar-refractivity contribution is 5.78. The third-order valence-electron chi connectivity index (χ3n) is 4.55. The van der Waals surface area contributed by atoms with Crippen LogP contribution in [0.2, 0.25) is 0 Å². The molecule has 0 radical (unpaired) electrons. The van der Waals surface area contributed by atoms with Crippen molar-refractivity contribution < 1.29 is 18.7 Å². The number of hydrogen-bond acceptors (Lipinski definition) is 5. The molecule has 6 nitrogen and oxygen atoms in total. The van der Waals surface area contributed by atoms with Gasteiger partial charge in [-0.2, -0.15) is 0 Å². The van der Waals surface area contributed by atoms with Crippen LogP contribution in [0.25, 0.3) is 0 Å². The summed E-state index contributed by atoms with van der Waals surface area (Å²) >= 11 is 0. The van der Waals surface area contributed by atoms with Crippen molar-refractivity contribution in [1.82, 2.24) is 15.1 Å². The van der Waals surface area contributed by atoms with Gasteiger partial charge in [-0.05, 0) is 45.2 Å². The quantitative estimate of drug-likeness (QED) is 0.714. The second-order valence-corrected chi connectivity index (χ2v) is 7.23. The Labute approximate surface area is 155 Å². The van der Waals surface area contributed by atoms with Gasteiger partial charge < -0.3 is 14.8 Å². The minimum Gasteiger partial charge on any atom is -0.492 e. The normalized spacial score (nSPS) is 15.9. The van der Waals surface area contributed by atoms with Gasteiger partial charge in [-0.1, -0.05) is 0 Å².